The van der Waals surface area contributed by atoms with Gasteiger partial charge in [-0.05, 0) is 18.5 Å². The maximum atomic E-state index is 11.5. The fourth-order valence-electron chi connectivity index (χ4n) is 2.74. The van der Waals surface area contributed by atoms with Crippen molar-refractivity contribution in [3.63, 3.8) is 0 Å². The van der Waals surface area contributed by atoms with E-state index in [0.29, 0.717) is 19.6 Å². The molecule has 1 unspecified atom stereocenters. The van der Waals surface area contributed by atoms with Crippen LogP contribution in [-0.4, -0.2) is 56.6 Å². The zero-order valence-electron chi connectivity index (χ0n) is 11.9. The molecule has 0 aromatic heterocycles. The molecule has 2 rings (SSSR count). The zero-order valence-corrected chi connectivity index (χ0v) is 12.7. The first-order chi connectivity index (χ1) is 9.52. The Labute approximate surface area is 121 Å². The normalized spacial score (nSPS) is 19.9. The monoisotopic (exact) mass is 297 g/mol. The highest BCUT2D eigenvalue weighted by Gasteiger charge is 2.27. The van der Waals surface area contributed by atoms with Gasteiger partial charge in [-0.15, -0.1) is 0 Å². The topological polar surface area (TPSA) is 66.6 Å². The second-order valence-electron chi connectivity index (χ2n) is 5.20. The molecule has 1 aromatic carbocycles. The van der Waals surface area contributed by atoms with Crippen molar-refractivity contribution >= 4 is 10.0 Å². The SMILES string of the molecule is CS(=O)(=O)N1CCN(C(CCN)c2ccccc2)CC1. The van der Waals surface area contributed by atoms with E-state index in [9.17, 15) is 8.42 Å². The highest BCUT2D eigenvalue weighted by atomic mass is 32.2. The molecule has 0 saturated carbocycles. The average Bonchev–Trinajstić information content (AvgIpc) is 2.45. The highest BCUT2D eigenvalue weighted by molar-refractivity contribution is 7.88. The summed E-state index contributed by atoms with van der Waals surface area (Å²) in [7, 11) is -3.07. The molecule has 1 saturated heterocycles. The molecule has 112 valence electrons. The van der Waals surface area contributed by atoms with Crippen molar-refractivity contribution in [2.75, 3.05) is 39.0 Å². The molecule has 0 radical (unpaired) electrons. The van der Waals surface area contributed by atoms with Crippen molar-refractivity contribution in [2.24, 2.45) is 5.73 Å². The quantitative estimate of drug-likeness (QED) is 0.867. The third kappa shape index (κ3) is 3.79. The Morgan fingerprint density at radius 3 is 2.25 bits per heavy atom. The van der Waals surface area contributed by atoms with Crippen LogP contribution in [0.15, 0.2) is 30.3 Å². The summed E-state index contributed by atoms with van der Waals surface area (Å²) in [6.45, 7) is 3.27. The standard InChI is InChI=1S/C14H23N3O2S/c1-20(18,19)17-11-9-16(10-12-17)14(7-8-15)13-5-3-2-4-6-13/h2-6,14H,7-12,15H2,1H3. The van der Waals surface area contributed by atoms with Crippen LogP contribution in [0.1, 0.15) is 18.0 Å². The average molecular weight is 297 g/mol. The van der Waals surface area contributed by atoms with Gasteiger partial charge in [0.1, 0.15) is 0 Å². The summed E-state index contributed by atoms with van der Waals surface area (Å²) in [6.07, 6.45) is 2.17. The summed E-state index contributed by atoms with van der Waals surface area (Å²) in [6, 6.07) is 10.6. The fraction of sp³-hybridized carbons (Fsp3) is 0.571. The molecule has 0 bridgehead atoms. The predicted octanol–water partition coefficient (Wildman–Crippen LogP) is 0.654. The maximum absolute atomic E-state index is 11.5. The second kappa shape index (κ2) is 6.67. The number of nitrogens with zero attached hydrogens (tertiary/aromatic N) is 2. The van der Waals surface area contributed by atoms with Gasteiger partial charge in [0.15, 0.2) is 0 Å². The summed E-state index contributed by atoms with van der Waals surface area (Å²) in [4.78, 5) is 2.34. The van der Waals surface area contributed by atoms with Gasteiger partial charge >= 0.3 is 0 Å². The lowest BCUT2D eigenvalue weighted by molar-refractivity contribution is 0.132. The lowest BCUT2D eigenvalue weighted by Gasteiger charge is -2.38. The fourth-order valence-corrected chi connectivity index (χ4v) is 3.57. The first-order valence-electron chi connectivity index (χ1n) is 6.96. The van der Waals surface area contributed by atoms with Gasteiger partial charge in [0.2, 0.25) is 10.0 Å². The van der Waals surface area contributed by atoms with Crippen LogP contribution in [0.25, 0.3) is 0 Å². The Balaban J connectivity index is 2.06. The largest absolute Gasteiger partial charge is 0.330 e. The van der Waals surface area contributed by atoms with Crippen LogP contribution in [0.4, 0.5) is 0 Å². The minimum Gasteiger partial charge on any atom is -0.330 e. The molecule has 1 fully saturated rings. The van der Waals surface area contributed by atoms with Crippen molar-refractivity contribution in [3.8, 4) is 0 Å². The molecule has 1 heterocycles. The summed E-state index contributed by atoms with van der Waals surface area (Å²) < 4.78 is 24.6. The molecule has 1 aliphatic heterocycles. The van der Waals surface area contributed by atoms with Crippen LogP contribution in [0.5, 0.6) is 0 Å². The van der Waals surface area contributed by atoms with Gasteiger partial charge in [-0.1, -0.05) is 30.3 Å². The summed E-state index contributed by atoms with van der Waals surface area (Å²) in [5.41, 5.74) is 6.99. The van der Waals surface area contributed by atoms with Crippen LogP contribution >= 0.6 is 0 Å². The summed E-state index contributed by atoms with van der Waals surface area (Å²) in [5.74, 6) is 0. The molecule has 0 amide bonds. The molecule has 1 aliphatic rings. The third-order valence-electron chi connectivity index (χ3n) is 3.81. The van der Waals surface area contributed by atoms with Gasteiger partial charge in [-0.2, -0.15) is 4.31 Å². The number of sulfonamides is 1. The lowest BCUT2D eigenvalue weighted by Crippen LogP contribution is -2.49. The van der Waals surface area contributed by atoms with E-state index >= 15 is 0 Å². The maximum Gasteiger partial charge on any atom is 0.211 e. The molecule has 1 atom stereocenters. The number of piperazine rings is 1. The van der Waals surface area contributed by atoms with Crippen LogP contribution in [-0.2, 0) is 10.0 Å². The Hall–Kier alpha value is -0.950. The Morgan fingerprint density at radius 1 is 1.15 bits per heavy atom. The number of hydrogen-bond acceptors (Lipinski definition) is 4. The van der Waals surface area contributed by atoms with Crippen LogP contribution in [0.2, 0.25) is 0 Å². The van der Waals surface area contributed by atoms with E-state index in [4.69, 9.17) is 5.73 Å². The molecule has 2 N–H and O–H groups in total. The molecule has 20 heavy (non-hydrogen) atoms. The molecular weight excluding hydrogens is 274 g/mol. The van der Waals surface area contributed by atoms with Crippen LogP contribution in [0.3, 0.4) is 0 Å². The molecule has 0 aliphatic carbocycles. The summed E-state index contributed by atoms with van der Waals surface area (Å²) in [5, 5.41) is 0. The lowest BCUT2D eigenvalue weighted by atomic mass is 10.0. The molecule has 6 heteroatoms. The van der Waals surface area contributed by atoms with E-state index in [1.807, 2.05) is 18.2 Å². The second-order valence-corrected chi connectivity index (χ2v) is 7.18. The van der Waals surface area contributed by atoms with Gasteiger partial charge in [0.05, 0.1) is 6.26 Å². The first kappa shape index (κ1) is 15.4. The van der Waals surface area contributed by atoms with Crippen molar-refractivity contribution in [1.82, 2.24) is 9.21 Å². The van der Waals surface area contributed by atoms with E-state index in [-0.39, 0.29) is 6.04 Å². The van der Waals surface area contributed by atoms with E-state index in [1.165, 1.54) is 11.8 Å². The number of benzene rings is 1. The van der Waals surface area contributed by atoms with Crippen LogP contribution in [0, 0.1) is 0 Å². The Kier molecular flexibility index (Phi) is 5.15. The van der Waals surface area contributed by atoms with Gasteiger partial charge < -0.3 is 5.73 Å². The molecular formula is C14H23N3O2S. The summed E-state index contributed by atoms with van der Waals surface area (Å²) >= 11 is 0. The minimum absolute atomic E-state index is 0.280. The predicted molar refractivity (Wildman–Crippen MR) is 80.8 cm³/mol. The van der Waals surface area contributed by atoms with Crippen LogP contribution < -0.4 is 5.73 Å². The van der Waals surface area contributed by atoms with Gasteiger partial charge in [0.25, 0.3) is 0 Å². The van der Waals surface area contributed by atoms with E-state index in [2.05, 4.69) is 17.0 Å². The third-order valence-corrected chi connectivity index (χ3v) is 5.11. The molecule has 5 nitrogen and oxygen atoms in total. The number of rotatable bonds is 5. The highest BCUT2D eigenvalue weighted by Crippen LogP contribution is 2.25. The van der Waals surface area contributed by atoms with Crippen molar-refractivity contribution in [3.05, 3.63) is 35.9 Å². The van der Waals surface area contributed by atoms with Gasteiger partial charge in [-0.3, -0.25) is 4.90 Å². The van der Waals surface area contributed by atoms with E-state index in [0.717, 1.165) is 19.5 Å². The van der Waals surface area contributed by atoms with E-state index < -0.39 is 10.0 Å². The van der Waals surface area contributed by atoms with E-state index in [1.54, 1.807) is 4.31 Å². The minimum atomic E-state index is -3.07. The van der Waals surface area contributed by atoms with Crippen molar-refractivity contribution in [2.45, 2.75) is 12.5 Å². The van der Waals surface area contributed by atoms with Gasteiger partial charge in [0, 0.05) is 32.2 Å². The van der Waals surface area contributed by atoms with Gasteiger partial charge in [-0.25, -0.2) is 8.42 Å². The first-order valence-corrected chi connectivity index (χ1v) is 8.81. The number of hydrogen-bond donors (Lipinski definition) is 1. The molecule has 1 aromatic rings. The Morgan fingerprint density at radius 2 is 1.75 bits per heavy atom. The number of nitrogens with two attached hydrogens (primary N) is 1. The Bertz CT molecular complexity index is 510. The van der Waals surface area contributed by atoms with Crippen molar-refractivity contribution in [1.29, 1.82) is 0 Å². The zero-order chi connectivity index (χ0) is 14.6. The smallest absolute Gasteiger partial charge is 0.211 e. The molecule has 0 spiro atoms. The van der Waals surface area contributed by atoms with Crippen molar-refractivity contribution < 1.29 is 8.42 Å².